The van der Waals surface area contributed by atoms with Crippen LogP contribution in [0.5, 0.6) is 0 Å². The third kappa shape index (κ3) is 3.10. The fourth-order valence-corrected chi connectivity index (χ4v) is 2.23. The molecule has 0 aromatic heterocycles. The molecule has 1 aliphatic carbocycles. The molecule has 1 saturated carbocycles. The van der Waals surface area contributed by atoms with Crippen LogP contribution >= 0.6 is 0 Å². The Morgan fingerprint density at radius 2 is 2.16 bits per heavy atom. The molecule has 5 nitrogen and oxygen atoms in total. The number of aldehydes is 1. The van der Waals surface area contributed by atoms with Crippen LogP contribution in [0.2, 0.25) is 0 Å². The van der Waals surface area contributed by atoms with Gasteiger partial charge in [-0.1, -0.05) is 13.8 Å². The molecule has 0 bridgehead atoms. The van der Waals surface area contributed by atoms with Gasteiger partial charge in [-0.2, -0.15) is 0 Å². The quantitative estimate of drug-likeness (QED) is 0.449. The van der Waals surface area contributed by atoms with E-state index in [9.17, 15) is 14.9 Å². The molecule has 0 radical (unpaired) electrons. The third-order valence-electron chi connectivity index (χ3n) is 3.22. The zero-order chi connectivity index (χ0) is 14.0. The van der Waals surface area contributed by atoms with Gasteiger partial charge < -0.3 is 4.90 Å². The maximum Gasteiger partial charge on any atom is 0.280 e. The van der Waals surface area contributed by atoms with Crippen LogP contribution in [-0.4, -0.2) is 23.8 Å². The van der Waals surface area contributed by atoms with Crippen LogP contribution in [0, 0.1) is 16.0 Å². The standard InChI is InChI=1S/C14H18N2O3/c1-10(2)8-15(12-3-4-12)13-5-6-14(16(18)19)11(7-13)9-17/h5-7,9-10,12H,3-4,8H2,1-2H3. The van der Waals surface area contributed by atoms with Gasteiger partial charge in [0.05, 0.1) is 10.5 Å². The summed E-state index contributed by atoms with van der Waals surface area (Å²) in [6.45, 7) is 5.18. The van der Waals surface area contributed by atoms with E-state index in [1.165, 1.54) is 6.07 Å². The highest BCUT2D eigenvalue weighted by molar-refractivity contribution is 5.83. The topological polar surface area (TPSA) is 63.4 Å². The minimum absolute atomic E-state index is 0.126. The van der Waals surface area contributed by atoms with Gasteiger partial charge >= 0.3 is 0 Å². The lowest BCUT2D eigenvalue weighted by molar-refractivity contribution is -0.385. The number of carbonyl (C=O) groups excluding carboxylic acids is 1. The number of nitro groups is 1. The fraction of sp³-hybridized carbons (Fsp3) is 0.500. The van der Waals surface area contributed by atoms with E-state index in [0.717, 1.165) is 25.1 Å². The van der Waals surface area contributed by atoms with E-state index in [1.807, 2.05) is 0 Å². The lowest BCUT2D eigenvalue weighted by Crippen LogP contribution is -2.29. The number of rotatable bonds is 6. The Morgan fingerprint density at radius 1 is 1.47 bits per heavy atom. The highest BCUT2D eigenvalue weighted by Crippen LogP contribution is 2.34. The molecule has 2 rings (SSSR count). The molecule has 0 unspecified atom stereocenters. The monoisotopic (exact) mass is 262 g/mol. The highest BCUT2D eigenvalue weighted by atomic mass is 16.6. The normalized spacial score (nSPS) is 14.5. The number of nitro benzene ring substituents is 1. The summed E-state index contributed by atoms with van der Waals surface area (Å²) in [6, 6.07) is 5.32. The van der Waals surface area contributed by atoms with Crippen molar-refractivity contribution in [1.29, 1.82) is 0 Å². The zero-order valence-corrected chi connectivity index (χ0v) is 11.2. The fourth-order valence-electron chi connectivity index (χ4n) is 2.23. The molecule has 0 N–H and O–H groups in total. The van der Waals surface area contributed by atoms with E-state index in [1.54, 1.807) is 12.1 Å². The van der Waals surface area contributed by atoms with Gasteiger partial charge in [0.2, 0.25) is 0 Å². The molecule has 0 atom stereocenters. The third-order valence-corrected chi connectivity index (χ3v) is 3.22. The molecule has 0 amide bonds. The summed E-state index contributed by atoms with van der Waals surface area (Å²) in [6.07, 6.45) is 2.86. The Hall–Kier alpha value is -1.91. The number of hydrogen-bond acceptors (Lipinski definition) is 4. The predicted molar refractivity (Wildman–Crippen MR) is 73.7 cm³/mol. The van der Waals surface area contributed by atoms with Gasteiger partial charge in [-0.15, -0.1) is 0 Å². The second-order valence-electron chi connectivity index (χ2n) is 5.40. The average Bonchev–Trinajstić information content (AvgIpc) is 3.19. The molecule has 0 aliphatic heterocycles. The lowest BCUT2D eigenvalue weighted by Gasteiger charge is -2.26. The number of anilines is 1. The molecule has 0 saturated heterocycles. The second-order valence-corrected chi connectivity index (χ2v) is 5.40. The molecule has 1 aromatic carbocycles. The SMILES string of the molecule is CC(C)CN(c1ccc([N+](=O)[O-])c(C=O)c1)C1CC1. The van der Waals surface area contributed by atoms with Crippen molar-refractivity contribution in [2.45, 2.75) is 32.7 Å². The Morgan fingerprint density at radius 3 is 2.63 bits per heavy atom. The van der Waals surface area contributed by atoms with E-state index < -0.39 is 4.92 Å². The second kappa shape index (κ2) is 5.38. The summed E-state index contributed by atoms with van der Waals surface area (Å²) in [4.78, 5) is 23.5. The molecular weight excluding hydrogens is 244 g/mol. The summed E-state index contributed by atoms with van der Waals surface area (Å²) < 4.78 is 0. The van der Waals surface area contributed by atoms with Crippen LogP contribution in [0.15, 0.2) is 18.2 Å². The van der Waals surface area contributed by atoms with Crippen molar-refractivity contribution in [3.63, 3.8) is 0 Å². The number of carbonyl (C=O) groups is 1. The van der Waals surface area contributed by atoms with Gasteiger partial charge in [0, 0.05) is 24.3 Å². The molecule has 102 valence electrons. The van der Waals surface area contributed by atoms with Gasteiger partial charge in [-0.25, -0.2) is 0 Å². The van der Waals surface area contributed by atoms with Crippen LogP contribution in [0.25, 0.3) is 0 Å². The Kier molecular flexibility index (Phi) is 3.83. The average molecular weight is 262 g/mol. The Balaban J connectivity index is 2.32. The molecule has 0 spiro atoms. The molecule has 19 heavy (non-hydrogen) atoms. The molecular formula is C14H18N2O3. The van der Waals surface area contributed by atoms with Crippen molar-refractivity contribution in [3.8, 4) is 0 Å². The van der Waals surface area contributed by atoms with E-state index in [2.05, 4.69) is 18.7 Å². The molecule has 0 heterocycles. The first-order chi connectivity index (χ1) is 9.02. The van der Waals surface area contributed by atoms with Gasteiger partial charge in [-0.05, 0) is 30.9 Å². The first kappa shape index (κ1) is 13.5. The summed E-state index contributed by atoms with van der Waals surface area (Å²) >= 11 is 0. The minimum atomic E-state index is -0.516. The van der Waals surface area contributed by atoms with Crippen LogP contribution in [0.1, 0.15) is 37.0 Å². The van der Waals surface area contributed by atoms with Crippen LogP contribution in [0.3, 0.4) is 0 Å². The van der Waals surface area contributed by atoms with Crippen LogP contribution in [-0.2, 0) is 0 Å². The largest absolute Gasteiger partial charge is 0.368 e. The van der Waals surface area contributed by atoms with Gasteiger partial charge in [0.25, 0.3) is 5.69 Å². The van der Waals surface area contributed by atoms with Crippen molar-refractivity contribution in [2.75, 3.05) is 11.4 Å². The number of hydrogen-bond donors (Lipinski definition) is 0. The summed E-state index contributed by atoms with van der Waals surface area (Å²) in [7, 11) is 0. The van der Waals surface area contributed by atoms with E-state index in [0.29, 0.717) is 18.2 Å². The minimum Gasteiger partial charge on any atom is -0.368 e. The summed E-state index contributed by atoms with van der Waals surface area (Å²) in [5.41, 5.74) is 0.930. The van der Waals surface area contributed by atoms with E-state index in [4.69, 9.17) is 0 Å². The number of nitrogens with zero attached hydrogens (tertiary/aromatic N) is 2. The van der Waals surface area contributed by atoms with E-state index in [-0.39, 0.29) is 11.3 Å². The van der Waals surface area contributed by atoms with Crippen molar-refractivity contribution in [3.05, 3.63) is 33.9 Å². The first-order valence-electron chi connectivity index (χ1n) is 6.53. The van der Waals surface area contributed by atoms with Crippen molar-refractivity contribution < 1.29 is 9.72 Å². The maximum absolute atomic E-state index is 11.0. The number of benzene rings is 1. The lowest BCUT2D eigenvalue weighted by atomic mass is 10.1. The Bertz CT molecular complexity index is 495. The summed E-state index contributed by atoms with van der Waals surface area (Å²) in [5.74, 6) is 0.510. The summed E-state index contributed by atoms with van der Waals surface area (Å²) in [5, 5.41) is 10.8. The van der Waals surface area contributed by atoms with Gasteiger partial charge in [0.15, 0.2) is 6.29 Å². The molecule has 1 aliphatic rings. The Labute approximate surface area is 112 Å². The van der Waals surface area contributed by atoms with E-state index >= 15 is 0 Å². The zero-order valence-electron chi connectivity index (χ0n) is 11.2. The van der Waals surface area contributed by atoms with Crippen molar-refractivity contribution in [1.82, 2.24) is 0 Å². The maximum atomic E-state index is 11.0. The molecule has 1 aromatic rings. The van der Waals surface area contributed by atoms with Gasteiger partial charge in [-0.3, -0.25) is 14.9 Å². The van der Waals surface area contributed by atoms with Crippen LogP contribution < -0.4 is 4.90 Å². The van der Waals surface area contributed by atoms with Crippen molar-refractivity contribution in [2.24, 2.45) is 5.92 Å². The van der Waals surface area contributed by atoms with Crippen LogP contribution in [0.4, 0.5) is 11.4 Å². The van der Waals surface area contributed by atoms with Crippen molar-refractivity contribution >= 4 is 17.7 Å². The predicted octanol–water partition coefficient (Wildman–Crippen LogP) is 3.03. The molecule has 1 fully saturated rings. The van der Waals surface area contributed by atoms with Gasteiger partial charge in [0.1, 0.15) is 0 Å². The molecule has 5 heteroatoms. The highest BCUT2D eigenvalue weighted by Gasteiger charge is 2.30. The first-order valence-corrected chi connectivity index (χ1v) is 6.53. The smallest absolute Gasteiger partial charge is 0.280 e.